The highest BCUT2D eigenvalue weighted by molar-refractivity contribution is 9.11. The first-order valence-electron chi connectivity index (χ1n) is 6.49. The van der Waals surface area contributed by atoms with Crippen LogP contribution in [0.25, 0.3) is 0 Å². The summed E-state index contributed by atoms with van der Waals surface area (Å²) in [5.74, 6) is 0. The number of nitrogens with zero attached hydrogens (tertiary/aromatic N) is 1. The number of rotatable bonds is 2. The summed E-state index contributed by atoms with van der Waals surface area (Å²) in [6.45, 7) is 3.81. The van der Waals surface area contributed by atoms with Crippen molar-refractivity contribution in [2.45, 2.75) is 30.5 Å². The van der Waals surface area contributed by atoms with Crippen LogP contribution in [-0.4, -0.2) is 14.5 Å². The molecule has 0 spiro atoms. The van der Waals surface area contributed by atoms with Crippen molar-refractivity contribution < 1.29 is 8.42 Å². The van der Waals surface area contributed by atoms with Gasteiger partial charge in [0.2, 0.25) is 0 Å². The van der Waals surface area contributed by atoms with Crippen molar-refractivity contribution in [3.05, 3.63) is 39.2 Å². The Balaban J connectivity index is 2.12. The molecule has 0 saturated heterocycles. The molecule has 3 rings (SSSR count). The summed E-state index contributed by atoms with van der Waals surface area (Å²) in [6.07, 6.45) is 0.686. The van der Waals surface area contributed by atoms with Gasteiger partial charge in [-0.1, -0.05) is 0 Å². The second-order valence-corrected chi connectivity index (χ2v) is 9.68. The van der Waals surface area contributed by atoms with Gasteiger partial charge < -0.3 is 5.73 Å². The molecule has 2 aromatic rings. The van der Waals surface area contributed by atoms with E-state index in [0.29, 0.717) is 16.3 Å². The van der Waals surface area contributed by atoms with Crippen LogP contribution in [0.5, 0.6) is 0 Å². The van der Waals surface area contributed by atoms with Crippen LogP contribution < -0.4 is 10.0 Å². The Bertz CT molecular complexity index is 795. The first-order valence-corrected chi connectivity index (χ1v) is 9.54. The standard InChI is InChI=1S/C14H15BrN2O2S2/c1-8-5-13(20-14(8)15)21(18,19)17-9(2)6-10-7-11(16)3-4-12(10)17/h3-5,7,9H,6,16H2,1-2H3. The Kier molecular flexibility index (Phi) is 3.54. The molecule has 1 aromatic heterocycles. The minimum atomic E-state index is -3.53. The topological polar surface area (TPSA) is 63.4 Å². The zero-order chi connectivity index (χ0) is 15.4. The number of hydrogen-bond donors (Lipinski definition) is 1. The zero-order valence-electron chi connectivity index (χ0n) is 11.6. The Morgan fingerprint density at radius 2 is 2.10 bits per heavy atom. The first-order chi connectivity index (χ1) is 9.80. The molecule has 0 radical (unpaired) electrons. The molecule has 1 aliphatic heterocycles. The SMILES string of the molecule is Cc1cc(S(=O)(=O)N2c3ccc(N)cc3CC2C)sc1Br. The van der Waals surface area contributed by atoms with Gasteiger partial charge in [0, 0.05) is 11.7 Å². The van der Waals surface area contributed by atoms with E-state index >= 15 is 0 Å². The average molecular weight is 387 g/mol. The molecule has 2 N–H and O–H groups in total. The van der Waals surface area contributed by atoms with Crippen LogP contribution in [0.3, 0.4) is 0 Å². The normalized spacial score (nSPS) is 18.0. The molecular weight excluding hydrogens is 372 g/mol. The fourth-order valence-electron chi connectivity index (χ4n) is 2.64. The predicted octanol–water partition coefficient (Wildman–Crippen LogP) is 3.54. The van der Waals surface area contributed by atoms with E-state index in [1.165, 1.54) is 15.6 Å². The van der Waals surface area contributed by atoms with Crippen molar-refractivity contribution in [1.82, 2.24) is 0 Å². The Morgan fingerprint density at radius 3 is 2.71 bits per heavy atom. The van der Waals surface area contributed by atoms with Crippen LogP contribution in [0, 0.1) is 6.92 Å². The van der Waals surface area contributed by atoms with Crippen molar-refractivity contribution in [3.8, 4) is 0 Å². The van der Waals surface area contributed by atoms with Crippen molar-refractivity contribution in [2.24, 2.45) is 0 Å². The lowest BCUT2D eigenvalue weighted by Gasteiger charge is -2.23. The molecule has 1 atom stereocenters. The van der Waals surface area contributed by atoms with Crippen LogP contribution in [0.1, 0.15) is 18.1 Å². The highest BCUT2D eigenvalue weighted by atomic mass is 79.9. The molecule has 7 heteroatoms. The molecule has 4 nitrogen and oxygen atoms in total. The summed E-state index contributed by atoms with van der Waals surface area (Å²) in [4.78, 5) is 0. The number of anilines is 2. The quantitative estimate of drug-likeness (QED) is 0.802. The van der Waals surface area contributed by atoms with Gasteiger partial charge in [-0.05, 0) is 71.6 Å². The van der Waals surface area contributed by atoms with E-state index in [1.54, 1.807) is 18.2 Å². The summed E-state index contributed by atoms with van der Waals surface area (Å²) >= 11 is 4.64. The average Bonchev–Trinajstić information content (AvgIpc) is 2.89. The van der Waals surface area contributed by atoms with E-state index in [4.69, 9.17) is 5.73 Å². The third-order valence-corrected chi connectivity index (χ3v) is 8.12. The van der Waals surface area contributed by atoms with E-state index in [9.17, 15) is 8.42 Å². The number of nitrogen functional groups attached to an aromatic ring is 1. The summed E-state index contributed by atoms with van der Waals surface area (Å²) in [6, 6.07) is 7.01. The second-order valence-electron chi connectivity index (χ2n) is 5.26. The van der Waals surface area contributed by atoms with Gasteiger partial charge in [-0.3, -0.25) is 4.31 Å². The van der Waals surface area contributed by atoms with Gasteiger partial charge in [0.1, 0.15) is 4.21 Å². The van der Waals surface area contributed by atoms with Crippen LogP contribution in [0.2, 0.25) is 0 Å². The summed E-state index contributed by atoms with van der Waals surface area (Å²) in [5.41, 5.74) is 9.11. The first kappa shape index (κ1) is 14.9. The predicted molar refractivity (Wildman–Crippen MR) is 90.4 cm³/mol. The van der Waals surface area contributed by atoms with Gasteiger partial charge in [-0.25, -0.2) is 8.42 Å². The van der Waals surface area contributed by atoms with Crippen LogP contribution in [0.15, 0.2) is 32.3 Å². The van der Waals surface area contributed by atoms with Gasteiger partial charge in [0.15, 0.2) is 0 Å². The summed E-state index contributed by atoms with van der Waals surface area (Å²) in [7, 11) is -3.53. The molecule has 1 unspecified atom stereocenters. The molecule has 0 aliphatic carbocycles. The molecule has 0 saturated carbocycles. The van der Waals surface area contributed by atoms with Crippen molar-refractivity contribution in [2.75, 3.05) is 10.0 Å². The third-order valence-electron chi connectivity index (χ3n) is 3.60. The second kappa shape index (κ2) is 5.00. The van der Waals surface area contributed by atoms with Crippen molar-refractivity contribution in [3.63, 3.8) is 0 Å². The lowest BCUT2D eigenvalue weighted by Crippen LogP contribution is -2.35. The Hall–Kier alpha value is -1.05. The number of fused-ring (bicyclic) bond motifs is 1. The molecule has 1 aromatic carbocycles. The molecule has 2 heterocycles. The molecule has 0 amide bonds. The van der Waals surface area contributed by atoms with Crippen LogP contribution >= 0.6 is 27.3 Å². The fraction of sp³-hybridized carbons (Fsp3) is 0.286. The van der Waals surface area contributed by atoms with E-state index in [0.717, 1.165) is 20.6 Å². The maximum absolute atomic E-state index is 12.9. The maximum Gasteiger partial charge on any atom is 0.274 e. The van der Waals surface area contributed by atoms with E-state index in [2.05, 4.69) is 15.9 Å². The third kappa shape index (κ3) is 2.37. The number of hydrogen-bond acceptors (Lipinski definition) is 4. The number of aryl methyl sites for hydroxylation is 1. The molecular formula is C14H15BrN2O2S2. The Morgan fingerprint density at radius 1 is 1.38 bits per heavy atom. The van der Waals surface area contributed by atoms with E-state index < -0.39 is 10.0 Å². The van der Waals surface area contributed by atoms with Gasteiger partial charge >= 0.3 is 0 Å². The Labute approximate surface area is 136 Å². The van der Waals surface area contributed by atoms with Crippen molar-refractivity contribution in [1.29, 1.82) is 0 Å². The highest BCUT2D eigenvalue weighted by Crippen LogP contribution is 2.40. The van der Waals surface area contributed by atoms with Gasteiger partial charge in [-0.2, -0.15) is 0 Å². The van der Waals surface area contributed by atoms with Crippen LogP contribution in [-0.2, 0) is 16.4 Å². The molecule has 21 heavy (non-hydrogen) atoms. The minimum Gasteiger partial charge on any atom is -0.399 e. The summed E-state index contributed by atoms with van der Waals surface area (Å²) in [5, 5.41) is 0. The number of sulfonamides is 1. The van der Waals surface area contributed by atoms with Gasteiger partial charge in [0.05, 0.1) is 9.47 Å². The fourth-order valence-corrected chi connectivity index (χ4v) is 6.65. The monoisotopic (exact) mass is 386 g/mol. The number of nitrogens with two attached hydrogens (primary N) is 1. The minimum absolute atomic E-state index is 0.104. The number of benzene rings is 1. The van der Waals surface area contributed by atoms with Gasteiger partial charge in [0.25, 0.3) is 10.0 Å². The van der Waals surface area contributed by atoms with Crippen LogP contribution in [0.4, 0.5) is 11.4 Å². The summed E-state index contributed by atoms with van der Waals surface area (Å²) < 4.78 is 28.6. The molecule has 0 fully saturated rings. The highest BCUT2D eigenvalue weighted by Gasteiger charge is 2.37. The number of halogens is 1. The molecule has 0 bridgehead atoms. The van der Waals surface area contributed by atoms with Crippen molar-refractivity contribution >= 4 is 48.7 Å². The van der Waals surface area contributed by atoms with Gasteiger partial charge in [-0.15, -0.1) is 11.3 Å². The number of thiophene rings is 1. The lowest BCUT2D eigenvalue weighted by molar-refractivity contribution is 0.586. The largest absolute Gasteiger partial charge is 0.399 e. The maximum atomic E-state index is 12.9. The zero-order valence-corrected chi connectivity index (χ0v) is 14.8. The lowest BCUT2D eigenvalue weighted by atomic mass is 10.1. The van der Waals surface area contributed by atoms with E-state index in [1.807, 2.05) is 19.9 Å². The smallest absolute Gasteiger partial charge is 0.274 e. The molecule has 112 valence electrons. The molecule has 1 aliphatic rings. The van der Waals surface area contributed by atoms with E-state index in [-0.39, 0.29) is 6.04 Å².